The first-order valence-corrected chi connectivity index (χ1v) is 10.9. The largest absolute Gasteiger partial charge is 0.394 e. The number of para-hydroxylation sites is 1. The Bertz CT molecular complexity index is 1010. The smallest absolute Gasteiger partial charge is 0.293 e. The first kappa shape index (κ1) is 22.4. The molecule has 2 aromatic rings. The molecule has 4 rings (SSSR count). The first-order valence-electron chi connectivity index (χ1n) is 9.99. The molecule has 2 aromatic carbocycles. The molecule has 4 N–H and O–H groups in total. The van der Waals surface area contributed by atoms with Gasteiger partial charge >= 0.3 is 0 Å². The highest BCUT2D eigenvalue weighted by Gasteiger charge is 2.59. The fourth-order valence-electron chi connectivity index (χ4n) is 4.20. The molecule has 2 aliphatic rings. The molecular weight excluding hydrogens is 436 g/mol. The van der Waals surface area contributed by atoms with E-state index in [0.29, 0.717) is 17.4 Å². The zero-order chi connectivity index (χ0) is 23.0. The van der Waals surface area contributed by atoms with Crippen molar-refractivity contribution in [2.75, 3.05) is 11.5 Å². The number of imide groups is 1. The van der Waals surface area contributed by atoms with E-state index in [1.54, 1.807) is 48.5 Å². The second-order valence-corrected chi connectivity index (χ2v) is 8.73. The average molecular weight is 458 g/mol. The van der Waals surface area contributed by atoms with E-state index in [4.69, 9.17) is 0 Å². The predicted molar refractivity (Wildman–Crippen MR) is 116 cm³/mol. The summed E-state index contributed by atoms with van der Waals surface area (Å²) in [7, 11) is 0. The SMILES string of the molecule is O=C1SC2C(C(=O)N1c1ccccc1)N(C(=O)c1ccccc1)C([C@H](O)CO)[C@H](O)[C@H]2O. The van der Waals surface area contributed by atoms with Crippen molar-refractivity contribution in [3.8, 4) is 0 Å². The molecule has 2 fully saturated rings. The Labute approximate surface area is 187 Å². The highest BCUT2D eigenvalue weighted by molar-refractivity contribution is 8.14. The van der Waals surface area contributed by atoms with Crippen LogP contribution in [0.2, 0.25) is 0 Å². The lowest BCUT2D eigenvalue weighted by Crippen LogP contribution is -2.75. The molecule has 0 spiro atoms. The molecule has 3 amide bonds. The molecule has 3 unspecified atom stereocenters. The summed E-state index contributed by atoms with van der Waals surface area (Å²) < 4.78 is 0. The van der Waals surface area contributed by atoms with Gasteiger partial charge in [0.2, 0.25) is 0 Å². The van der Waals surface area contributed by atoms with Crippen LogP contribution in [-0.4, -0.2) is 84.6 Å². The minimum atomic E-state index is -1.69. The van der Waals surface area contributed by atoms with Crippen LogP contribution in [0.1, 0.15) is 10.4 Å². The number of hydrogen-bond donors (Lipinski definition) is 4. The Morgan fingerprint density at radius 2 is 1.56 bits per heavy atom. The molecule has 0 saturated carbocycles. The summed E-state index contributed by atoms with van der Waals surface area (Å²) in [6, 6.07) is 13.3. The lowest BCUT2D eigenvalue weighted by molar-refractivity contribution is -0.143. The van der Waals surface area contributed by atoms with E-state index in [0.717, 1.165) is 9.80 Å². The van der Waals surface area contributed by atoms with Crippen molar-refractivity contribution in [2.24, 2.45) is 0 Å². The minimum Gasteiger partial charge on any atom is -0.394 e. The third-order valence-corrected chi connectivity index (χ3v) is 6.91. The van der Waals surface area contributed by atoms with Crippen molar-refractivity contribution in [1.29, 1.82) is 0 Å². The van der Waals surface area contributed by atoms with Crippen molar-refractivity contribution in [1.82, 2.24) is 4.90 Å². The number of aliphatic hydroxyl groups is 4. The quantitative estimate of drug-likeness (QED) is 0.511. The fourth-order valence-corrected chi connectivity index (χ4v) is 5.41. The monoisotopic (exact) mass is 458 g/mol. The van der Waals surface area contributed by atoms with Crippen LogP contribution in [-0.2, 0) is 4.79 Å². The Morgan fingerprint density at radius 1 is 0.969 bits per heavy atom. The van der Waals surface area contributed by atoms with Crippen LogP contribution in [0.4, 0.5) is 10.5 Å². The molecule has 2 heterocycles. The van der Waals surface area contributed by atoms with Gasteiger partial charge in [0.1, 0.15) is 18.2 Å². The predicted octanol–water partition coefficient (Wildman–Crippen LogP) is 0.223. The molecule has 6 atom stereocenters. The molecule has 9 nitrogen and oxygen atoms in total. The zero-order valence-electron chi connectivity index (χ0n) is 16.8. The second kappa shape index (κ2) is 9.00. The van der Waals surface area contributed by atoms with Gasteiger partial charge in [0.05, 0.1) is 29.7 Å². The molecule has 0 bridgehead atoms. The lowest BCUT2D eigenvalue weighted by atomic mass is 9.85. The average Bonchev–Trinajstić information content (AvgIpc) is 2.81. The number of nitrogens with zero attached hydrogens (tertiary/aromatic N) is 2. The van der Waals surface area contributed by atoms with Gasteiger partial charge in [-0.15, -0.1) is 0 Å². The van der Waals surface area contributed by atoms with Gasteiger partial charge in [0, 0.05) is 5.56 Å². The lowest BCUT2D eigenvalue weighted by Gasteiger charge is -2.53. The Hall–Kier alpha value is -2.76. The van der Waals surface area contributed by atoms with Gasteiger partial charge in [0.25, 0.3) is 17.1 Å². The summed E-state index contributed by atoms with van der Waals surface area (Å²) in [4.78, 5) is 41.8. The number of likely N-dealkylation sites (tertiary alicyclic amines) is 1. The highest BCUT2D eigenvalue weighted by atomic mass is 32.2. The zero-order valence-corrected chi connectivity index (χ0v) is 17.6. The van der Waals surface area contributed by atoms with Crippen molar-refractivity contribution < 1.29 is 34.8 Å². The molecule has 32 heavy (non-hydrogen) atoms. The number of piperidine rings is 1. The summed E-state index contributed by atoms with van der Waals surface area (Å²) in [6.45, 7) is -0.812. The number of rotatable bonds is 4. The minimum absolute atomic E-state index is 0.186. The molecule has 2 saturated heterocycles. The number of benzene rings is 2. The van der Waals surface area contributed by atoms with Gasteiger partial charge in [-0.25, -0.2) is 4.90 Å². The van der Waals surface area contributed by atoms with Gasteiger partial charge in [-0.05, 0) is 24.3 Å². The number of aliphatic hydroxyl groups excluding tert-OH is 4. The van der Waals surface area contributed by atoms with Crippen LogP contribution in [0.5, 0.6) is 0 Å². The van der Waals surface area contributed by atoms with Gasteiger partial charge in [-0.3, -0.25) is 14.4 Å². The molecular formula is C22H22N2O7S. The molecule has 2 aliphatic heterocycles. The molecule has 0 aromatic heterocycles. The summed E-state index contributed by atoms with van der Waals surface area (Å²) in [6.07, 6.45) is -4.92. The van der Waals surface area contributed by atoms with Crippen molar-refractivity contribution in [3.63, 3.8) is 0 Å². The number of fused-ring (bicyclic) bond motifs is 1. The fraction of sp³-hybridized carbons (Fsp3) is 0.318. The van der Waals surface area contributed by atoms with E-state index >= 15 is 0 Å². The summed E-state index contributed by atoms with van der Waals surface area (Å²) >= 11 is 0.645. The van der Waals surface area contributed by atoms with E-state index in [2.05, 4.69) is 0 Å². The van der Waals surface area contributed by atoms with Crippen LogP contribution in [0.25, 0.3) is 0 Å². The summed E-state index contributed by atoms with van der Waals surface area (Å²) in [5.41, 5.74) is 0.478. The maximum Gasteiger partial charge on any atom is 0.293 e. The summed E-state index contributed by atoms with van der Waals surface area (Å²) in [5.74, 6) is -1.45. The van der Waals surface area contributed by atoms with Gasteiger partial charge < -0.3 is 25.3 Å². The molecule has 168 valence electrons. The Balaban J connectivity index is 1.83. The molecule has 10 heteroatoms. The topological polar surface area (TPSA) is 139 Å². The Morgan fingerprint density at radius 3 is 2.16 bits per heavy atom. The third-order valence-electron chi connectivity index (χ3n) is 5.71. The molecule has 0 radical (unpaired) electrons. The maximum absolute atomic E-state index is 13.6. The van der Waals surface area contributed by atoms with Crippen LogP contribution in [0.3, 0.4) is 0 Å². The molecule has 0 aliphatic carbocycles. The van der Waals surface area contributed by atoms with Crippen molar-refractivity contribution in [3.05, 3.63) is 66.2 Å². The summed E-state index contributed by atoms with van der Waals surface area (Å²) in [5, 5.41) is 39.7. The number of carbonyl (C=O) groups excluding carboxylic acids is 3. The van der Waals surface area contributed by atoms with Gasteiger partial charge in [0.15, 0.2) is 0 Å². The number of hydrogen-bond acceptors (Lipinski definition) is 8. The number of anilines is 1. The van der Waals surface area contributed by atoms with E-state index in [1.165, 1.54) is 12.1 Å². The normalized spacial score (nSPS) is 28.9. The highest BCUT2D eigenvalue weighted by Crippen LogP contribution is 2.41. The van der Waals surface area contributed by atoms with Crippen molar-refractivity contribution >= 4 is 34.5 Å². The van der Waals surface area contributed by atoms with Gasteiger partial charge in [-0.1, -0.05) is 48.2 Å². The van der Waals surface area contributed by atoms with E-state index in [9.17, 15) is 34.8 Å². The Kier molecular flexibility index (Phi) is 6.31. The van der Waals surface area contributed by atoms with Crippen LogP contribution in [0, 0.1) is 0 Å². The third kappa shape index (κ3) is 3.70. The van der Waals surface area contributed by atoms with Crippen molar-refractivity contribution in [2.45, 2.75) is 35.6 Å². The van der Waals surface area contributed by atoms with Gasteiger partial charge in [-0.2, -0.15) is 0 Å². The number of carbonyl (C=O) groups is 3. The van der Waals surface area contributed by atoms with Crippen LogP contribution in [0.15, 0.2) is 60.7 Å². The van der Waals surface area contributed by atoms with Crippen LogP contribution >= 0.6 is 11.8 Å². The number of amides is 3. The number of thioether (sulfide) groups is 1. The van der Waals surface area contributed by atoms with E-state index in [-0.39, 0.29) is 5.56 Å². The second-order valence-electron chi connectivity index (χ2n) is 7.60. The first-order chi connectivity index (χ1) is 15.4. The van der Waals surface area contributed by atoms with E-state index in [1.807, 2.05) is 0 Å². The standard InChI is InChI=1S/C22H22N2O7S/c25-11-14(26)15-17(27)18(28)19-16(24(15)20(29)12-7-3-1-4-8-12)21(30)23(22(31)32-19)13-9-5-2-6-10-13/h1-10,14-19,25-28H,11H2/t14-,15?,16?,17+,18-,19?/m1/s1. The van der Waals surface area contributed by atoms with Crippen LogP contribution < -0.4 is 4.90 Å². The van der Waals surface area contributed by atoms with E-state index < -0.39 is 59.3 Å². The maximum atomic E-state index is 13.6.